The molecule has 2 aromatic rings. The number of halogens is 1. The Morgan fingerprint density at radius 1 is 1.35 bits per heavy atom. The normalized spacial score (nSPS) is 19.6. The van der Waals surface area contributed by atoms with Crippen LogP contribution in [0.2, 0.25) is 5.02 Å². The quantitative estimate of drug-likeness (QED) is 0.829. The maximum absolute atomic E-state index is 12.8. The van der Waals surface area contributed by atoms with Gasteiger partial charge < -0.3 is 15.4 Å². The molecule has 1 aromatic heterocycles. The summed E-state index contributed by atoms with van der Waals surface area (Å²) in [4.78, 5) is 16.6. The SMILES string of the molecule is COc1ccc([C@@H]2NC(=O)c3c(sc4c3CCN(C(C)C)C4)N2)cc1Cl. The lowest BCUT2D eigenvalue weighted by atomic mass is 9.99. The fraction of sp³-hybridized carbons (Fsp3) is 0.421. The Kier molecular flexibility index (Phi) is 4.59. The van der Waals surface area contributed by atoms with Crippen molar-refractivity contribution in [1.82, 2.24) is 10.2 Å². The molecule has 0 saturated carbocycles. The summed E-state index contributed by atoms with van der Waals surface area (Å²) in [6.07, 6.45) is 0.632. The number of thiophene rings is 1. The molecule has 1 aromatic carbocycles. The van der Waals surface area contributed by atoms with Crippen molar-refractivity contribution in [3.63, 3.8) is 0 Å². The van der Waals surface area contributed by atoms with Gasteiger partial charge in [0.2, 0.25) is 0 Å². The zero-order valence-electron chi connectivity index (χ0n) is 15.1. The monoisotopic (exact) mass is 391 g/mol. The molecule has 2 aliphatic rings. The average Bonchev–Trinajstić information content (AvgIpc) is 2.99. The number of carbonyl (C=O) groups excluding carboxylic acids is 1. The summed E-state index contributed by atoms with van der Waals surface area (Å²) in [5.41, 5.74) is 2.94. The van der Waals surface area contributed by atoms with Gasteiger partial charge in [-0.05, 0) is 43.5 Å². The number of ether oxygens (including phenoxy) is 1. The van der Waals surface area contributed by atoms with Gasteiger partial charge in [0.05, 0.1) is 17.7 Å². The number of nitrogens with zero attached hydrogens (tertiary/aromatic N) is 1. The first-order chi connectivity index (χ1) is 12.5. The number of benzene rings is 1. The molecule has 138 valence electrons. The number of anilines is 1. The molecular formula is C19H22ClN3O2S. The zero-order valence-corrected chi connectivity index (χ0v) is 16.6. The van der Waals surface area contributed by atoms with Gasteiger partial charge in [-0.3, -0.25) is 9.69 Å². The lowest BCUT2D eigenvalue weighted by Gasteiger charge is -2.31. The second-order valence-electron chi connectivity index (χ2n) is 6.97. The maximum Gasteiger partial charge on any atom is 0.256 e. The largest absolute Gasteiger partial charge is 0.495 e. The number of fused-ring (bicyclic) bond motifs is 3. The molecule has 26 heavy (non-hydrogen) atoms. The fourth-order valence-corrected chi connectivity index (χ4v) is 5.17. The predicted molar refractivity (Wildman–Crippen MR) is 105 cm³/mol. The van der Waals surface area contributed by atoms with Gasteiger partial charge in [-0.1, -0.05) is 17.7 Å². The van der Waals surface area contributed by atoms with E-state index < -0.39 is 0 Å². The Labute approximate surface area is 162 Å². The second-order valence-corrected chi connectivity index (χ2v) is 8.48. The van der Waals surface area contributed by atoms with Crippen molar-refractivity contribution in [2.45, 2.75) is 39.0 Å². The van der Waals surface area contributed by atoms with Crippen LogP contribution in [-0.2, 0) is 13.0 Å². The standard InChI is InChI=1S/C19H22ClN3O2S/c1-10(2)23-7-6-12-15(9-23)26-19-16(12)18(24)21-17(22-19)11-4-5-14(25-3)13(20)8-11/h4-5,8,10,17,22H,6-7,9H2,1-3H3,(H,21,24)/t17-/m1/s1. The molecule has 2 N–H and O–H groups in total. The zero-order chi connectivity index (χ0) is 18.4. The summed E-state index contributed by atoms with van der Waals surface area (Å²) in [5.74, 6) is 0.616. The number of methoxy groups -OCH3 is 1. The molecule has 0 spiro atoms. The summed E-state index contributed by atoms with van der Waals surface area (Å²) >= 11 is 7.95. The van der Waals surface area contributed by atoms with E-state index in [2.05, 4.69) is 29.4 Å². The third-order valence-electron chi connectivity index (χ3n) is 5.10. The third-order valence-corrected chi connectivity index (χ3v) is 6.55. The molecule has 0 saturated heterocycles. The van der Waals surface area contributed by atoms with Crippen LogP contribution in [0.4, 0.5) is 5.00 Å². The van der Waals surface area contributed by atoms with Crippen molar-refractivity contribution >= 4 is 33.8 Å². The Morgan fingerprint density at radius 3 is 2.85 bits per heavy atom. The molecule has 0 bridgehead atoms. The molecule has 1 atom stereocenters. The highest BCUT2D eigenvalue weighted by atomic mass is 35.5. The van der Waals surface area contributed by atoms with Crippen LogP contribution in [0.25, 0.3) is 0 Å². The number of nitrogens with one attached hydrogen (secondary N) is 2. The number of hydrogen-bond donors (Lipinski definition) is 2. The highest BCUT2D eigenvalue weighted by Crippen LogP contribution is 2.41. The molecule has 0 radical (unpaired) electrons. The molecule has 1 amide bonds. The molecular weight excluding hydrogens is 370 g/mol. The Morgan fingerprint density at radius 2 is 2.15 bits per heavy atom. The van der Waals surface area contributed by atoms with E-state index in [4.69, 9.17) is 16.3 Å². The van der Waals surface area contributed by atoms with Crippen molar-refractivity contribution in [3.8, 4) is 5.75 Å². The van der Waals surface area contributed by atoms with E-state index in [1.165, 1.54) is 10.4 Å². The Bertz CT molecular complexity index is 865. The van der Waals surface area contributed by atoms with E-state index in [1.807, 2.05) is 18.2 Å². The first-order valence-electron chi connectivity index (χ1n) is 8.77. The Balaban J connectivity index is 1.63. The molecule has 4 rings (SSSR count). The number of rotatable bonds is 3. The highest BCUT2D eigenvalue weighted by molar-refractivity contribution is 7.16. The number of hydrogen-bond acceptors (Lipinski definition) is 5. The third kappa shape index (κ3) is 2.96. The lowest BCUT2D eigenvalue weighted by Crippen LogP contribution is -2.39. The minimum atomic E-state index is -0.292. The Hall–Kier alpha value is -1.76. The van der Waals surface area contributed by atoms with Gasteiger partial charge in [0, 0.05) is 24.0 Å². The van der Waals surface area contributed by atoms with Gasteiger partial charge in [0.15, 0.2) is 0 Å². The van der Waals surface area contributed by atoms with Gasteiger partial charge in [-0.15, -0.1) is 11.3 Å². The van der Waals surface area contributed by atoms with Crippen molar-refractivity contribution in [1.29, 1.82) is 0 Å². The summed E-state index contributed by atoms with van der Waals surface area (Å²) in [6, 6.07) is 6.08. The number of amides is 1. The average molecular weight is 392 g/mol. The summed E-state index contributed by atoms with van der Waals surface area (Å²) in [5, 5.41) is 8.04. The first kappa shape index (κ1) is 17.6. The van der Waals surface area contributed by atoms with E-state index in [0.717, 1.165) is 35.6 Å². The molecule has 0 fully saturated rings. The lowest BCUT2D eigenvalue weighted by molar-refractivity contribution is 0.0934. The number of carbonyl (C=O) groups is 1. The molecule has 7 heteroatoms. The van der Waals surface area contributed by atoms with Gasteiger partial charge in [0.1, 0.15) is 16.9 Å². The van der Waals surface area contributed by atoms with E-state index in [-0.39, 0.29) is 12.1 Å². The summed E-state index contributed by atoms with van der Waals surface area (Å²) in [6.45, 7) is 6.34. The van der Waals surface area contributed by atoms with Crippen LogP contribution < -0.4 is 15.4 Å². The molecule has 0 aliphatic carbocycles. The molecule has 2 aliphatic heterocycles. The maximum atomic E-state index is 12.8. The van der Waals surface area contributed by atoms with Gasteiger partial charge >= 0.3 is 0 Å². The van der Waals surface area contributed by atoms with E-state index in [9.17, 15) is 4.79 Å². The fourth-order valence-electron chi connectivity index (χ4n) is 3.61. The minimum Gasteiger partial charge on any atom is -0.495 e. The molecule has 0 unspecified atom stereocenters. The van der Waals surface area contributed by atoms with E-state index in [1.54, 1.807) is 18.4 Å². The van der Waals surface area contributed by atoms with Crippen LogP contribution in [0.15, 0.2) is 18.2 Å². The van der Waals surface area contributed by atoms with E-state index in [0.29, 0.717) is 16.8 Å². The predicted octanol–water partition coefficient (Wildman–Crippen LogP) is 4.03. The van der Waals surface area contributed by atoms with E-state index >= 15 is 0 Å². The van der Waals surface area contributed by atoms with Gasteiger partial charge in [0.25, 0.3) is 5.91 Å². The summed E-state index contributed by atoms with van der Waals surface area (Å²) < 4.78 is 5.21. The van der Waals surface area contributed by atoms with Crippen molar-refractivity contribution in [3.05, 3.63) is 44.8 Å². The van der Waals surface area contributed by atoms with Crippen LogP contribution >= 0.6 is 22.9 Å². The van der Waals surface area contributed by atoms with Crippen LogP contribution in [0.5, 0.6) is 5.75 Å². The van der Waals surface area contributed by atoms with Gasteiger partial charge in [-0.25, -0.2) is 0 Å². The minimum absolute atomic E-state index is 0.00816. The topological polar surface area (TPSA) is 53.6 Å². The highest BCUT2D eigenvalue weighted by Gasteiger charge is 2.33. The molecule has 5 nitrogen and oxygen atoms in total. The van der Waals surface area contributed by atoms with Crippen molar-refractivity contribution < 1.29 is 9.53 Å². The van der Waals surface area contributed by atoms with Crippen LogP contribution in [0.1, 0.15) is 46.4 Å². The first-order valence-corrected chi connectivity index (χ1v) is 9.96. The van der Waals surface area contributed by atoms with Crippen LogP contribution in [0, 0.1) is 0 Å². The second kappa shape index (κ2) is 6.76. The van der Waals surface area contributed by atoms with Gasteiger partial charge in [-0.2, -0.15) is 0 Å². The smallest absolute Gasteiger partial charge is 0.256 e. The molecule has 3 heterocycles. The van der Waals surface area contributed by atoms with Crippen molar-refractivity contribution in [2.24, 2.45) is 0 Å². The van der Waals surface area contributed by atoms with Crippen LogP contribution in [0.3, 0.4) is 0 Å². The van der Waals surface area contributed by atoms with Crippen LogP contribution in [-0.4, -0.2) is 30.5 Å². The van der Waals surface area contributed by atoms with Crippen molar-refractivity contribution in [2.75, 3.05) is 19.0 Å². The summed E-state index contributed by atoms with van der Waals surface area (Å²) in [7, 11) is 1.59.